The predicted molar refractivity (Wildman–Crippen MR) is 235 cm³/mol. The minimum Gasteiger partial charge on any atom is -0.456 e. The Labute approximate surface area is 332 Å². The number of furan rings is 1. The first-order chi connectivity index (χ1) is 28.2. The van der Waals surface area contributed by atoms with Crippen molar-refractivity contribution in [3.05, 3.63) is 239 Å². The van der Waals surface area contributed by atoms with E-state index >= 15 is 0 Å². The molecular formula is C54H38N2O. The van der Waals surface area contributed by atoms with Gasteiger partial charge in [0.1, 0.15) is 11.2 Å². The lowest BCUT2D eigenvalue weighted by Gasteiger charge is -2.36. The summed E-state index contributed by atoms with van der Waals surface area (Å²) in [6.07, 6.45) is 11.7. The molecule has 1 spiro atoms. The van der Waals surface area contributed by atoms with E-state index in [1.165, 1.54) is 66.8 Å². The Kier molecular flexibility index (Phi) is 7.03. The van der Waals surface area contributed by atoms with Gasteiger partial charge >= 0.3 is 0 Å². The van der Waals surface area contributed by atoms with Crippen LogP contribution in [0.25, 0.3) is 49.9 Å². The summed E-state index contributed by atoms with van der Waals surface area (Å²) in [5, 5.41) is 10.2. The van der Waals surface area contributed by atoms with Gasteiger partial charge in [-0.2, -0.15) is 0 Å². The molecule has 1 aromatic heterocycles. The number of benzene rings is 7. The van der Waals surface area contributed by atoms with Crippen molar-refractivity contribution in [3.8, 4) is 11.1 Å². The Balaban J connectivity index is 1.17. The van der Waals surface area contributed by atoms with Crippen LogP contribution in [0.4, 0.5) is 5.69 Å². The number of para-hydroxylation sites is 2. The largest absolute Gasteiger partial charge is 0.456 e. The van der Waals surface area contributed by atoms with Crippen LogP contribution in [0.5, 0.6) is 0 Å². The van der Waals surface area contributed by atoms with Gasteiger partial charge in [-0.05, 0) is 97.6 Å². The number of nitrogens with one attached hydrogen (secondary N) is 2. The molecule has 3 heteroatoms. The highest BCUT2D eigenvalue weighted by Crippen LogP contribution is 2.59. The number of rotatable bonds is 3. The molecule has 2 aliphatic heterocycles. The minimum absolute atomic E-state index is 0.00124. The highest BCUT2D eigenvalue weighted by Gasteiger charge is 2.49. The summed E-state index contributed by atoms with van der Waals surface area (Å²) in [4.78, 5) is 0. The van der Waals surface area contributed by atoms with Crippen molar-refractivity contribution in [3.63, 3.8) is 0 Å². The molecule has 0 saturated heterocycles. The van der Waals surface area contributed by atoms with Crippen LogP contribution in [-0.4, -0.2) is 12.6 Å². The van der Waals surface area contributed by atoms with Crippen LogP contribution in [0, 0.1) is 0 Å². The van der Waals surface area contributed by atoms with Crippen molar-refractivity contribution in [2.75, 3.05) is 11.9 Å². The van der Waals surface area contributed by atoms with Crippen molar-refractivity contribution in [1.82, 2.24) is 5.32 Å². The van der Waals surface area contributed by atoms with E-state index < -0.39 is 5.41 Å². The number of fused-ring (bicyclic) bond motifs is 16. The Bertz CT molecular complexity index is 3050. The van der Waals surface area contributed by atoms with Gasteiger partial charge in [-0.3, -0.25) is 0 Å². The molecule has 270 valence electrons. The Morgan fingerprint density at radius 3 is 2.16 bits per heavy atom. The first-order valence-electron chi connectivity index (χ1n) is 20.0. The van der Waals surface area contributed by atoms with Crippen molar-refractivity contribution < 1.29 is 4.42 Å². The van der Waals surface area contributed by atoms with E-state index in [1.807, 2.05) is 0 Å². The Morgan fingerprint density at radius 2 is 1.30 bits per heavy atom. The molecule has 3 heterocycles. The minimum atomic E-state index is -0.636. The third kappa shape index (κ3) is 4.79. The van der Waals surface area contributed by atoms with Crippen molar-refractivity contribution in [2.24, 2.45) is 0 Å². The third-order valence-corrected chi connectivity index (χ3v) is 12.7. The van der Waals surface area contributed by atoms with Crippen LogP contribution in [0.2, 0.25) is 0 Å². The number of dihydropyridines is 1. The number of hydrogen-bond acceptors (Lipinski definition) is 3. The quantitative estimate of drug-likeness (QED) is 0.190. The zero-order chi connectivity index (χ0) is 37.5. The molecule has 0 saturated carbocycles. The van der Waals surface area contributed by atoms with Crippen LogP contribution in [0.1, 0.15) is 50.4 Å². The van der Waals surface area contributed by atoms with E-state index in [9.17, 15) is 0 Å². The van der Waals surface area contributed by atoms with E-state index in [-0.39, 0.29) is 12.0 Å². The van der Waals surface area contributed by atoms with Crippen LogP contribution in [0.15, 0.2) is 199 Å². The number of allylic oxidation sites excluding steroid dienone is 4. The summed E-state index contributed by atoms with van der Waals surface area (Å²) < 4.78 is 6.90. The normalized spacial score (nSPS) is 20.1. The second-order valence-corrected chi connectivity index (χ2v) is 15.6. The van der Waals surface area contributed by atoms with E-state index in [0.717, 1.165) is 39.9 Å². The fourth-order valence-electron chi connectivity index (χ4n) is 10.1. The number of hydrogen-bond donors (Lipinski definition) is 2. The molecule has 2 bridgehead atoms. The van der Waals surface area contributed by atoms with Gasteiger partial charge < -0.3 is 15.1 Å². The molecular weight excluding hydrogens is 693 g/mol. The zero-order valence-corrected chi connectivity index (χ0v) is 31.2. The lowest BCUT2D eigenvalue weighted by Crippen LogP contribution is -2.31. The lowest BCUT2D eigenvalue weighted by molar-refractivity contribution is 0.651. The van der Waals surface area contributed by atoms with Gasteiger partial charge in [0.15, 0.2) is 0 Å². The first kappa shape index (κ1) is 32.2. The van der Waals surface area contributed by atoms with E-state index in [2.05, 4.69) is 205 Å². The Hall–Kier alpha value is -7.10. The summed E-state index contributed by atoms with van der Waals surface area (Å²) in [5.74, 6) is -0.00124. The van der Waals surface area contributed by atoms with Crippen molar-refractivity contribution in [2.45, 2.75) is 17.4 Å². The van der Waals surface area contributed by atoms with Gasteiger partial charge in [0.05, 0.1) is 11.5 Å². The third-order valence-electron chi connectivity index (χ3n) is 12.7. The van der Waals surface area contributed by atoms with Crippen LogP contribution >= 0.6 is 0 Å². The summed E-state index contributed by atoms with van der Waals surface area (Å²) >= 11 is 0. The average molecular weight is 731 g/mol. The van der Waals surface area contributed by atoms with Crippen LogP contribution in [-0.2, 0) is 5.41 Å². The fourth-order valence-corrected chi connectivity index (χ4v) is 10.1. The standard InChI is InChI=1S/C54H38N2O/c1-3-13-34(14-4-1)36-24-26-49-43(29-36)45-33-39(32-44-42-18-8-12-22-52(42)57-53(44)45)54(47-20-10-11-21-50(47)56-49)46-19-9-7-17-40(46)41-25-23-38(30-48(41)54)51-31-37(27-28-55-51)35-15-5-2-6-16-35/h1-27,29-33,43,49,55-56H,28H2. The molecule has 12 rings (SSSR count). The molecule has 0 amide bonds. The van der Waals surface area contributed by atoms with Crippen LogP contribution < -0.4 is 10.6 Å². The van der Waals surface area contributed by atoms with Gasteiger partial charge in [0, 0.05) is 40.2 Å². The van der Waals surface area contributed by atoms with Crippen molar-refractivity contribution >= 4 is 44.5 Å². The maximum atomic E-state index is 6.90. The van der Waals surface area contributed by atoms with Gasteiger partial charge in [-0.15, -0.1) is 0 Å². The summed E-state index contributed by atoms with van der Waals surface area (Å²) in [6, 6.07) is 60.1. The van der Waals surface area contributed by atoms with Gasteiger partial charge in [0.25, 0.3) is 0 Å². The average Bonchev–Trinajstić information content (AvgIpc) is 3.81. The van der Waals surface area contributed by atoms with E-state index in [0.29, 0.717) is 0 Å². The Morgan fingerprint density at radius 1 is 0.579 bits per heavy atom. The molecule has 3 atom stereocenters. The SMILES string of the molecule is C1=CC2Nc3ccccc3C3(c4cc(c5oc6ccccc6c5c4)C2C=C1c1ccccc1)c1ccccc1-c1ccc(C2=CC(c4ccccc4)=CCN2)cc13. The molecule has 57 heavy (non-hydrogen) atoms. The summed E-state index contributed by atoms with van der Waals surface area (Å²) in [6.45, 7) is 0.771. The lowest BCUT2D eigenvalue weighted by atomic mass is 9.66. The highest BCUT2D eigenvalue weighted by atomic mass is 16.3. The predicted octanol–water partition coefficient (Wildman–Crippen LogP) is 12.5. The smallest absolute Gasteiger partial charge is 0.139 e. The molecule has 7 aromatic carbocycles. The molecule has 3 unspecified atom stereocenters. The van der Waals surface area contributed by atoms with Gasteiger partial charge in [0.2, 0.25) is 0 Å². The molecule has 0 radical (unpaired) electrons. The molecule has 3 nitrogen and oxygen atoms in total. The van der Waals surface area contributed by atoms with Gasteiger partial charge in [-0.25, -0.2) is 0 Å². The van der Waals surface area contributed by atoms with Crippen molar-refractivity contribution in [1.29, 1.82) is 0 Å². The monoisotopic (exact) mass is 730 g/mol. The number of anilines is 1. The topological polar surface area (TPSA) is 37.2 Å². The first-order valence-corrected chi connectivity index (χ1v) is 20.0. The molecule has 0 fully saturated rings. The highest BCUT2D eigenvalue weighted by molar-refractivity contribution is 6.07. The fraction of sp³-hybridized carbons (Fsp3) is 0.0741. The summed E-state index contributed by atoms with van der Waals surface area (Å²) in [5.41, 5.74) is 18.4. The van der Waals surface area contributed by atoms with Gasteiger partial charge in [-0.1, -0.05) is 158 Å². The second-order valence-electron chi connectivity index (χ2n) is 15.6. The summed E-state index contributed by atoms with van der Waals surface area (Å²) in [7, 11) is 0. The molecule has 8 aromatic rings. The van der Waals surface area contributed by atoms with E-state index in [4.69, 9.17) is 4.42 Å². The maximum absolute atomic E-state index is 6.90. The zero-order valence-electron chi connectivity index (χ0n) is 31.2. The molecule has 4 aliphatic rings. The second kappa shape index (κ2) is 12.5. The van der Waals surface area contributed by atoms with E-state index in [1.54, 1.807) is 0 Å². The van der Waals surface area contributed by atoms with Crippen LogP contribution in [0.3, 0.4) is 0 Å². The molecule has 2 aliphatic carbocycles. The maximum Gasteiger partial charge on any atom is 0.139 e. The molecule has 2 N–H and O–H groups in total.